The average molecular weight is 513 g/mol. The molecule has 0 spiro atoms. The first-order valence-corrected chi connectivity index (χ1v) is 13.9. The summed E-state index contributed by atoms with van der Waals surface area (Å²) in [6.45, 7) is 2.77. The molecule has 2 fully saturated rings. The van der Waals surface area contributed by atoms with Gasteiger partial charge in [0.2, 0.25) is 5.91 Å². The number of benzene rings is 1. The molecule has 1 saturated carbocycles. The molecule has 8 heteroatoms. The van der Waals surface area contributed by atoms with Crippen molar-refractivity contribution in [1.82, 2.24) is 15.4 Å². The minimum atomic E-state index is -0.789. The highest BCUT2D eigenvalue weighted by atomic mass is 16.5. The summed E-state index contributed by atoms with van der Waals surface area (Å²) in [5.41, 5.74) is 3.67. The van der Waals surface area contributed by atoms with Crippen molar-refractivity contribution >= 4 is 22.5 Å². The van der Waals surface area contributed by atoms with Crippen LogP contribution in [0.15, 0.2) is 24.4 Å². The number of carbonyl (C=O) groups excluding carboxylic acids is 1. The van der Waals surface area contributed by atoms with Crippen LogP contribution in [-0.2, 0) is 4.79 Å². The number of nitrogens with one attached hydrogen (secondary N) is 1. The molecule has 3 N–H and O–H groups in total. The third-order valence-corrected chi connectivity index (χ3v) is 8.78. The van der Waals surface area contributed by atoms with E-state index in [0.29, 0.717) is 31.4 Å². The van der Waals surface area contributed by atoms with E-state index < -0.39 is 11.5 Å². The lowest BCUT2D eigenvalue weighted by Crippen LogP contribution is -2.48. The third kappa shape index (κ3) is 6.36. The number of aliphatic hydroxyl groups excluding tert-OH is 1. The summed E-state index contributed by atoms with van der Waals surface area (Å²) in [4.78, 5) is 21.9. The minimum Gasteiger partial charge on any atom is -0.497 e. The average Bonchev–Trinajstić information content (AvgIpc) is 2.94. The molecule has 2 aliphatic rings. The third-order valence-electron chi connectivity index (χ3n) is 8.78. The lowest BCUT2D eigenvalue weighted by Gasteiger charge is -2.41. The first-order valence-electron chi connectivity index (χ1n) is 13.9. The Balaban J connectivity index is 1.47. The van der Waals surface area contributed by atoms with Gasteiger partial charge in [0.25, 0.3) is 0 Å². The maximum atomic E-state index is 12.9. The highest BCUT2D eigenvalue weighted by Crippen LogP contribution is 2.42. The van der Waals surface area contributed by atoms with Crippen molar-refractivity contribution in [3.8, 4) is 5.75 Å². The molecular formula is C29H44N4O4. The second-order valence-electron chi connectivity index (χ2n) is 11.2. The number of fused-ring (bicyclic) bond motifs is 1. The molecule has 37 heavy (non-hydrogen) atoms. The Morgan fingerprint density at radius 1 is 1.24 bits per heavy atom. The highest BCUT2D eigenvalue weighted by molar-refractivity contribution is 5.88. The quantitative estimate of drug-likeness (QED) is 0.314. The van der Waals surface area contributed by atoms with Crippen molar-refractivity contribution in [2.45, 2.75) is 70.3 Å². The summed E-state index contributed by atoms with van der Waals surface area (Å²) in [5, 5.41) is 21.9. The molecule has 1 amide bonds. The van der Waals surface area contributed by atoms with Gasteiger partial charge in [-0.2, -0.15) is 0 Å². The predicted molar refractivity (Wildman–Crippen MR) is 146 cm³/mol. The maximum absolute atomic E-state index is 12.9. The van der Waals surface area contributed by atoms with Crippen LogP contribution >= 0.6 is 0 Å². The number of aliphatic hydroxyl groups is 1. The minimum absolute atomic E-state index is 0.333. The van der Waals surface area contributed by atoms with Crippen LogP contribution in [0.2, 0.25) is 0 Å². The lowest BCUT2D eigenvalue weighted by molar-refractivity contribution is -0.143. The van der Waals surface area contributed by atoms with Crippen molar-refractivity contribution in [2.75, 3.05) is 45.7 Å². The van der Waals surface area contributed by atoms with Gasteiger partial charge in [0.1, 0.15) is 5.75 Å². The van der Waals surface area contributed by atoms with Crippen molar-refractivity contribution in [3.63, 3.8) is 0 Å². The number of ether oxygens (including phenoxy) is 1. The molecular weight excluding hydrogens is 468 g/mol. The maximum Gasteiger partial charge on any atom is 0.249 e. The van der Waals surface area contributed by atoms with E-state index in [-0.39, 0.29) is 5.91 Å². The molecule has 2 aromatic rings. The molecule has 2 heterocycles. The van der Waals surface area contributed by atoms with Gasteiger partial charge < -0.3 is 19.6 Å². The fourth-order valence-electron chi connectivity index (χ4n) is 6.33. The van der Waals surface area contributed by atoms with E-state index in [9.17, 15) is 15.1 Å². The standard InChI is InChI=1S/C29H44N4O4/c1-32(2)25-20-30-24-10-9-22(37-3)19-23(24)27(25)26(34)11-13-29(28(35)31-36)14-17-33(18-15-29)16-12-21-7-5-4-6-8-21/h9-10,19-21,26,34,36H,4-8,11-18H2,1-3H3,(H,31,35). The Kier molecular flexibility index (Phi) is 9.27. The zero-order valence-corrected chi connectivity index (χ0v) is 22.7. The van der Waals surface area contributed by atoms with E-state index in [1.54, 1.807) is 13.3 Å². The summed E-state index contributed by atoms with van der Waals surface area (Å²) in [7, 11) is 5.49. The molecule has 1 aliphatic carbocycles. The number of amides is 1. The predicted octanol–water partition coefficient (Wildman–Crippen LogP) is 4.68. The molecule has 204 valence electrons. The summed E-state index contributed by atoms with van der Waals surface area (Å²) in [6, 6.07) is 5.67. The van der Waals surface area contributed by atoms with Gasteiger partial charge in [0, 0.05) is 25.0 Å². The zero-order valence-electron chi connectivity index (χ0n) is 22.7. The van der Waals surface area contributed by atoms with Crippen LogP contribution in [0.25, 0.3) is 10.9 Å². The number of anilines is 1. The van der Waals surface area contributed by atoms with Crippen molar-refractivity contribution in [2.24, 2.45) is 11.3 Å². The van der Waals surface area contributed by atoms with Gasteiger partial charge in [0.15, 0.2) is 0 Å². The monoisotopic (exact) mass is 512 g/mol. The number of pyridine rings is 1. The zero-order chi connectivity index (χ0) is 26.4. The van der Waals surface area contributed by atoms with Gasteiger partial charge in [-0.3, -0.25) is 15.0 Å². The van der Waals surface area contributed by atoms with Crippen molar-refractivity contribution in [1.29, 1.82) is 0 Å². The van der Waals surface area contributed by atoms with E-state index >= 15 is 0 Å². The SMILES string of the molecule is COc1ccc2ncc(N(C)C)c(C(O)CCC3(C(=O)NO)CCN(CCC4CCCCC4)CC3)c2c1. The van der Waals surface area contributed by atoms with Gasteiger partial charge >= 0.3 is 0 Å². The fraction of sp³-hybridized carbons (Fsp3) is 0.655. The number of likely N-dealkylation sites (tertiary alicyclic amines) is 1. The molecule has 1 saturated heterocycles. The van der Waals surface area contributed by atoms with E-state index in [1.807, 2.05) is 42.7 Å². The molecule has 0 bridgehead atoms. The van der Waals surface area contributed by atoms with Crippen LogP contribution < -0.4 is 15.1 Å². The van der Waals surface area contributed by atoms with Crippen molar-refractivity contribution in [3.05, 3.63) is 30.0 Å². The van der Waals surface area contributed by atoms with Crippen LogP contribution in [-0.4, -0.2) is 66.9 Å². The Labute approximate surface area is 221 Å². The van der Waals surface area contributed by atoms with E-state index in [0.717, 1.165) is 47.7 Å². The number of hydrogen-bond acceptors (Lipinski definition) is 7. The largest absolute Gasteiger partial charge is 0.497 e. The number of methoxy groups -OCH3 is 1. The number of rotatable bonds is 10. The van der Waals surface area contributed by atoms with Crippen LogP contribution in [0.4, 0.5) is 5.69 Å². The Hall–Kier alpha value is -2.42. The van der Waals surface area contributed by atoms with Gasteiger partial charge in [0.05, 0.1) is 36.0 Å². The molecule has 1 atom stereocenters. The molecule has 0 radical (unpaired) electrons. The van der Waals surface area contributed by atoms with Gasteiger partial charge in [-0.25, -0.2) is 5.48 Å². The Bertz CT molecular complexity index is 1050. The molecule has 4 rings (SSSR count). The van der Waals surface area contributed by atoms with Crippen LogP contribution in [0.1, 0.15) is 75.9 Å². The van der Waals surface area contributed by atoms with E-state index in [4.69, 9.17) is 4.74 Å². The highest BCUT2D eigenvalue weighted by Gasteiger charge is 2.41. The summed E-state index contributed by atoms with van der Waals surface area (Å²) in [5.74, 6) is 1.21. The Morgan fingerprint density at radius 2 is 1.97 bits per heavy atom. The van der Waals surface area contributed by atoms with E-state index in [1.165, 1.54) is 38.5 Å². The lowest BCUT2D eigenvalue weighted by atomic mass is 9.73. The number of nitrogens with zero attached hydrogens (tertiary/aromatic N) is 3. The Morgan fingerprint density at radius 3 is 2.62 bits per heavy atom. The van der Waals surface area contributed by atoms with Crippen LogP contribution in [0.3, 0.4) is 0 Å². The summed E-state index contributed by atoms with van der Waals surface area (Å²) >= 11 is 0. The molecule has 1 aliphatic heterocycles. The van der Waals surface area contributed by atoms with Gasteiger partial charge in [-0.15, -0.1) is 0 Å². The van der Waals surface area contributed by atoms with Gasteiger partial charge in [-0.05, 0) is 75.9 Å². The fourth-order valence-corrected chi connectivity index (χ4v) is 6.33. The first kappa shape index (κ1) is 27.6. The molecule has 1 aromatic carbocycles. The number of piperidine rings is 1. The summed E-state index contributed by atoms with van der Waals surface area (Å²) in [6.07, 6.45) is 11.3. The molecule has 1 unspecified atom stereocenters. The number of aromatic nitrogens is 1. The summed E-state index contributed by atoms with van der Waals surface area (Å²) < 4.78 is 5.43. The van der Waals surface area contributed by atoms with Crippen LogP contribution in [0.5, 0.6) is 5.75 Å². The second kappa shape index (κ2) is 12.4. The number of hydrogen-bond donors (Lipinski definition) is 3. The molecule has 8 nitrogen and oxygen atoms in total. The van der Waals surface area contributed by atoms with Crippen molar-refractivity contribution < 1.29 is 19.8 Å². The topological polar surface area (TPSA) is 98.2 Å². The smallest absolute Gasteiger partial charge is 0.249 e. The van der Waals surface area contributed by atoms with Crippen LogP contribution in [0, 0.1) is 11.3 Å². The number of hydroxylamine groups is 1. The second-order valence-corrected chi connectivity index (χ2v) is 11.2. The molecule has 1 aromatic heterocycles. The van der Waals surface area contributed by atoms with E-state index in [2.05, 4.69) is 9.88 Å². The first-order chi connectivity index (χ1) is 17.9. The normalized spacial score (nSPS) is 19.5. The number of carbonyl (C=O) groups is 1. The van der Waals surface area contributed by atoms with Gasteiger partial charge in [-0.1, -0.05) is 32.1 Å².